The monoisotopic (exact) mass is 313 g/mol. The fourth-order valence-corrected chi connectivity index (χ4v) is 2.65. The summed E-state index contributed by atoms with van der Waals surface area (Å²) in [5.74, 6) is -2.03. The molecule has 0 saturated heterocycles. The molecular weight excluding hydrogens is 294 g/mol. The second-order valence-corrected chi connectivity index (χ2v) is 6.58. The Morgan fingerprint density at radius 1 is 1.10 bits per heavy atom. The van der Waals surface area contributed by atoms with Gasteiger partial charge in [0.15, 0.2) is 9.84 Å². The fraction of sp³-hybridized carbons (Fsp3) is 0.385. The van der Waals surface area contributed by atoms with Gasteiger partial charge in [0, 0.05) is 25.2 Å². The molecule has 1 aromatic carbocycles. The number of carbonyl (C=O) groups excluding carboxylic acids is 2. The molecule has 0 radical (unpaired) electrons. The lowest BCUT2D eigenvalue weighted by Gasteiger charge is -2.06. The highest BCUT2D eigenvalue weighted by Crippen LogP contribution is 2.05. The van der Waals surface area contributed by atoms with Crippen molar-refractivity contribution in [1.82, 2.24) is 5.32 Å². The number of amides is 2. The number of nitrogens with two attached hydrogens (primary N) is 1. The molecular formula is C13H19N3O4S. The summed E-state index contributed by atoms with van der Waals surface area (Å²) in [6, 6.07) is 8.56. The van der Waals surface area contributed by atoms with Crippen LogP contribution in [0, 0.1) is 0 Å². The molecule has 0 aliphatic heterocycles. The molecule has 0 aliphatic carbocycles. The molecule has 0 bridgehead atoms. The van der Waals surface area contributed by atoms with Crippen LogP contribution in [0.4, 0.5) is 5.69 Å². The van der Waals surface area contributed by atoms with Gasteiger partial charge in [0.2, 0.25) is 11.8 Å². The summed E-state index contributed by atoms with van der Waals surface area (Å²) < 4.78 is 23.5. The molecule has 0 aromatic heterocycles. The average Bonchev–Trinajstić information content (AvgIpc) is 2.43. The van der Waals surface area contributed by atoms with Crippen LogP contribution in [0.1, 0.15) is 6.42 Å². The maximum atomic E-state index is 11.7. The van der Waals surface area contributed by atoms with Gasteiger partial charge in [-0.3, -0.25) is 9.59 Å². The van der Waals surface area contributed by atoms with Crippen LogP contribution in [0.15, 0.2) is 30.3 Å². The van der Waals surface area contributed by atoms with Crippen molar-refractivity contribution in [3.8, 4) is 0 Å². The first-order chi connectivity index (χ1) is 9.93. The number of benzene rings is 1. The smallest absolute Gasteiger partial charge is 0.239 e. The largest absolute Gasteiger partial charge is 0.355 e. The number of nitrogens with one attached hydrogen (secondary N) is 2. The van der Waals surface area contributed by atoms with E-state index in [1.165, 1.54) is 0 Å². The predicted molar refractivity (Wildman–Crippen MR) is 80.4 cm³/mol. The first-order valence-electron chi connectivity index (χ1n) is 6.45. The summed E-state index contributed by atoms with van der Waals surface area (Å²) >= 11 is 0. The minimum atomic E-state index is -3.63. The Labute approximate surface area is 123 Å². The quantitative estimate of drug-likeness (QED) is 0.598. The minimum Gasteiger partial charge on any atom is -0.355 e. The van der Waals surface area contributed by atoms with Crippen LogP contribution in [-0.2, 0) is 19.4 Å². The molecule has 0 unspecified atom stereocenters. The molecule has 4 N–H and O–H groups in total. The van der Waals surface area contributed by atoms with Crippen LogP contribution in [0.5, 0.6) is 0 Å². The van der Waals surface area contributed by atoms with E-state index < -0.39 is 27.4 Å². The van der Waals surface area contributed by atoms with Gasteiger partial charge < -0.3 is 16.4 Å². The highest BCUT2D eigenvalue weighted by atomic mass is 32.2. The molecule has 0 saturated carbocycles. The summed E-state index contributed by atoms with van der Waals surface area (Å²) in [6.07, 6.45) is -0.180. The number of rotatable bonds is 8. The summed E-state index contributed by atoms with van der Waals surface area (Å²) in [5.41, 5.74) is 5.74. The van der Waals surface area contributed by atoms with E-state index in [9.17, 15) is 18.0 Å². The third-order valence-corrected chi connectivity index (χ3v) is 4.04. The van der Waals surface area contributed by atoms with Gasteiger partial charge in [-0.25, -0.2) is 8.42 Å². The first-order valence-corrected chi connectivity index (χ1v) is 8.27. The Balaban J connectivity index is 2.41. The summed E-state index contributed by atoms with van der Waals surface area (Å²) in [6.45, 7) is 0.589. The lowest BCUT2D eigenvalue weighted by molar-refractivity contribution is -0.120. The van der Waals surface area contributed by atoms with Crippen molar-refractivity contribution < 1.29 is 18.0 Å². The van der Waals surface area contributed by atoms with Crippen molar-refractivity contribution in [2.24, 2.45) is 5.73 Å². The Kier molecular flexibility index (Phi) is 6.83. The molecule has 21 heavy (non-hydrogen) atoms. The van der Waals surface area contributed by atoms with E-state index in [1.807, 2.05) is 0 Å². The summed E-state index contributed by atoms with van der Waals surface area (Å²) in [5, 5.41) is 4.95. The van der Waals surface area contributed by atoms with Crippen molar-refractivity contribution in [2.45, 2.75) is 6.42 Å². The van der Waals surface area contributed by atoms with E-state index in [0.717, 1.165) is 0 Å². The molecule has 116 valence electrons. The molecule has 0 spiro atoms. The van der Waals surface area contributed by atoms with Crippen molar-refractivity contribution in [3.05, 3.63) is 30.3 Å². The highest BCUT2D eigenvalue weighted by molar-refractivity contribution is 7.92. The first kappa shape index (κ1) is 17.1. The second-order valence-electron chi connectivity index (χ2n) is 4.39. The summed E-state index contributed by atoms with van der Waals surface area (Å²) in [7, 11) is -3.63. The van der Waals surface area contributed by atoms with E-state index in [-0.39, 0.29) is 18.7 Å². The fourth-order valence-electron chi connectivity index (χ4n) is 1.54. The standard InChI is InChI=1S/C13H19N3O4S/c14-7-8-15-12(17)6-9-21(19,20)10-13(18)16-11-4-2-1-3-5-11/h1-5H,6-10,14H2,(H,15,17)(H,16,18). The third kappa shape index (κ3) is 7.42. The van der Waals surface area contributed by atoms with Crippen molar-refractivity contribution in [3.63, 3.8) is 0 Å². The highest BCUT2D eigenvalue weighted by Gasteiger charge is 2.18. The van der Waals surface area contributed by atoms with Gasteiger partial charge >= 0.3 is 0 Å². The van der Waals surface area contributed by atoms with Crippen molar-refractivity contribution in [1.29, 1.82) is 0 Å². The number of carbonyl (C=O) groups is 2. The molecule has 0 heterocycles. The van der Waals surface area contributed by atoms with Gasteiger partial charge in [0.25, 0.3) is 0 Å². The maximum Gasteiger partial charge on any atom is 0.239 e. The normalized spacial score (nSPS) is 10.9. The Morgan fingerprint density at radius 2 is 1.76 bits per heavy atom. The molecule has 0 atom stereocenters. The number of hydrogen-bond donors (Lipinski definition) is 3. The Hall–Kier alpha value is -1.93. The lowest BCUT2D eigenvalue weighted by Crippen LogP contribution is -2.31. The van der Waals surface area contributed by atoms with E-state index in [0.29, 0.717) is 12.2 Å². The summed E-state index contributed by atoms with van der Waals surface area (Å²) in [4.78, 5) is 22.9. The molecule has 1 aromatic rings. The van der Waals surface area contributed by atoms with E-state index >= 15 is 0 Å². The van der Waals surface area contributed by atoms with Gasteiger partial charge in [-0.15, -0.1) is 0 Å². The van der Waals surface area contributed by atoms with Gasteiger partial charge in [-0.05, 0) is 12.1 Å². The topological polar surface area (TPSA) is 118 Å². The van der Waals surface area contributed by atoms with Crippen LogP contribution < -0.4 is 16.4 Å². The second kappa shape index (κ2) is 8.38. The lowest BCUT2D eigenvalue weighted by atomic mass is 10.3. The van der Waals surface area contributed by atoms with Crippen molar-refractivity contribution in [2.75, 3.05) is 29.9 Å². The van der Waals surface area contributed by atoms with Crippen molar-refractivity contribution >= 4 is 27.3 Å². The Morgan fingerprint density at radius 3 is 2.38 bits per heavy atom. The molecule has 2 amide bonds. The van der Waals surface area contributed by atoms with Crippen LogP contribution >= 0.6 is 0 Å². The zero-order valence-corrected chi connectivity index (χ0v) is 12.4. The minimum absolute atomic E-state index is 0.180. The van der Waals surface area contributed by atoms with Crippen LogP contribution in [0.25, 0.3) is 0 Å². The van der Waals surface area contributed by atoms with Gasteiger partial charge in [-0.2, -0.15) is 0 Å². The number of hydrogen-bond acceptors (Lipinski definition) is 5. The maximum absolute atomic E-state index is 11.7. The molecule has 0 aliphatic rings. The zero-order valence-electron chi connectivity index (χ0n) is 11.5. The van der Waals surface area contributed by atoms with E-state index in [4.69, 9.17) is 5.73 Å². The third-order valence-electron chi connectivity index (χ3n) is 2.52. The number of sulfone groups is 1. The molecule has 8 heteroatoms. The van der Waals surface area contributed by atoms with Gasteiger partial charge in [0.1, 0.15) is 5.75 Å². The van der Waals surface area contributed by atoms with Crippen LogP contribution in [0.3, 0.4) is 0 Å². The van der Waals surface area contributed by atoms with Crippen LogP contribution in [0.2, 0.25) is 0 Å². The van der Waals surface area contributed by atoms with E-state index in [1.54, 1.807) is 30.3 Å². The SMILES string of the molecule is NCCNC(=O)CCS(=O)(=O)CC(=O)Nc1ccccc1. The van der Waals surface area contributed by atoms with E-state index in [2.05, 4.69) is 10.6 Å². The zero-order chi connectivity index (χ0) is 15.7. The molecule has 7 nitrogen and oxygen atoms in total. The van der Waals surface area contributed by atoms with Gasteiger partial charge in [-0.1, -0.05) is 18.2 Å². The predicted octanol–water partition coefficient (Wildman–Crippen LogP) is -0.495. The Bertz CT molecular complexity index is 572. The molecule has 0 fully saturated rings. The van der Waals surface area contributed by atoms with Crippen LogP contribution in [-0.4, -0.2) is 44.8 Å². The number of para-hydroxylation sites is 1. The molecule has 1 rings (SSSR count). The average molecular weight is 313 g/mol. The number of anilines is 1. The van der Waals surface area contributed by atoms with Gasteiger partial charge in [0.05, 0.1) is 5.75 Å².